The van der Waals surface area contributed by atoms with Crippen LogP contribution in [-0.2, 0) is 4.74 Å². The molecule has 2 rings (SSSR count). The first kappa shape index (κ1) is 12.6. The van der Waals surface area contributed by atoms with Gasteiger partial charge < -0.3 is 15.8 Å². The van der Waals surface area contributed by atoms with Crippen LogP contribution in [-0.4, -0.2) is 25.2 Å². The first-order valence-electron chi connectivity index (χ1n) is 6.10. The molecule has 1 heterocycles. The molecule has 0 aliphatic carbocycles. The highest BCUT2D eigenvalue weighted by molar-refractivity contribution is 6.01. The van der Waals surface area contributed by atoms with Gasteiger partial charge in [-0.2, -0.15) is 0 Å². The average Bonchev–Trinajstić information content (AvgIpc) is 2.39. The van der Waals surface area contributed by atoms with Crippen LogP contribution in [0.15, 0.2) is 24.4 Å². The zero-order valence-corrected chi connectivity index (χ0v) is 10.9. The zero-order valence-electron chi connectivity index (χ0n) is 10.9. The summed E-state index contributed by atoms with van der Waals surface area (Å²) in [5.41, 5.74) is 7.97. The van der Waals surface area contributed by atoms with Crippen molar-refractivity contribution in [3.8, 4) is 0 Å². The van der Waals surface area contributed by atoms with Crippen molar-refractivity contribution in [3.63, 3.8) is 0 Å². The summed E-state index contributed by atoms with van der Waals surface area (Å²) in [6.07, 6.45) is 2.74. The third-order valence-corrected chi connectivity index (χ3v) is 2.99. The molecule has 0 bridgehead atoms. The number of nitrogens with two attached hydrogens (primary N) is 1. The summed E-state index contributed by atoms with van der Waals surface area (Å²) in [5, 5.41) is 5.51. The van der Waals surface area contributed by atoms with Crippen LogP contribution in [0, 0.1) is 6.92 Å². The van der Waals surface area contributed by atoms with Crippen molar-refractivity contribution >= 4 is 22.3 Å². The van der Waals surface area contributed by atoms with Gasteiger partial charge in [-0.05, 0) is 31.0 Å². The van der Waals surface area contributed by atoms with E-state index < -0.39 is 0 Å². The lowest BCUT2D eigenvalue weighted by molar-refractivity contribution is 0.198. The predicted octanol–water partition coefficient (Wildman–Crippen LogP) is 2.57. The Morgan fingerprint density at radius 1 is 1.33 bits per heavy atom. The molecule has 18 heavy (non-hydrogen) atoms. The molecule has 4 heteroatoms. The maximum atomic E-state index is 5.99. The Hall–Kier alpha value is -1.81. The van der Waals surface area contributed by atoms with Crippen molar-refractivity contribution in [1.29, 1.82) is 0 Å². The van der Waals surface area contributed by atoms with Crippen LogP contribution in [0.3, 0.4) is 0 Å². The minimum Gasteiger partial charge on any atom is -0.398 e. The number of ether oxygens (including phenoxy) is 1. The van der Waals surface area contributed by atoms with Gasteiger partial charge in [-0.25, -0.2) is 4.98 Å². The van der Waals surface area contributed by atoms with Gasteiger partial charge in [-0.3, -0.25) is 0 Å². The topological polar surface area (TPSA) is 60.2 Å². The molecule has 96 valence electrons. The molecule has 1 aromatic carbocycles. The van der Waals surface area contributed by atoms with Crippen LogP contribution in [0.5, 0.6) is 0 Å². The Labute approximate surface area is 107 Å². The lowest BCUT2D eigenvalue weighted by atomic mass is 10.1. The Kier molecular flexibility index (Phi) is 3.99. The van der Waals surface area contributed by atoms with E-state index in [9.17, 15) is 0 Å². The molecule has 0 amide bonds. The van der Waals surface area contributed by atoms with E-state index in [1.54, 1.807) is 13.3 Å². The summed E-state index contributed by atoms with van der Waals surface area (Å²) in [5.74, 6) is 0.897. The van der Waals surface area contributed by atoms with Crippen LogP contribution in [0.4, 0.5) is 11.5 Å². The van der Waals surface area contributed by atoms with E-state index >= 15 is 0 Å². The van der Waals surface area contributed by atoms with Crippen LogP contribution in [0.2, 0.25) is 0 Å². The highest BCUT2D eigenvalue weighted by Gasteiger charge is 2.07. The summed E-state index contributed by atoms with van der Waals surface area (Å²) in [6.45, 7) is 3.66. The van der Waals surface area contributed by atoms with Crippen molar-refractivity contribution in [2.75, 3.05) is 31.3 Å². The van der Waals surface area contributed by atoms with Crippen molar-refractivity contribution in [3.05, 3.63) is 30.0 Å². The van der Waals surface area contributed by atoms with Gasteiger partial charge in [0.25, 0.3) is 0 Å². The van der Waals surface area contributed by atoms with Crippen LogP contribution in [0.25, 0.3) is 10.8 Å². The van der Waals surface area contributed by atoms with Crippen LogP contribution >= 0.6 is 0 Å². The number of rotatable bonds is 5. The molecule has 0 aliphatic heterocycles. The first-order chi connectivity index (χ1) is 8.74. The van der Waals surface area contributed by atoms with Gasteiger partial charge in [-0.1, -0.05) is 6.07 Å². The van der Waals surface area contributed by atoms with Gasteiger partial charge in [0.05, 0.1) is 0 Å². The second-order valence-corrected chi connectivity index (χ2v) is 4.33. The summed E-state index contributed by atoms with van der Waals surface area (Å²) in [7, 11) is 1.71. The summed E-state index contributed by atoms with van der Waals surface area (Å²) in [6, 6.07) is 5.92. The lowest BCUT2D eigenvalue weighted by Crippen LogP contribution is -2.07. The zero-order chi connectivity index (χ0) is 13.0. The minimum absolute atomic E-state index is 0.749. The van der Waals surface area contributed by atoms with E-state index in [0.29, 0.717) is 0 Å². The maximum absolute atomic E-state index is 5.99. The Balaban J connectivity index is 2.30. The van der Waals surface area contributed by atoms with Crippen molar-refractivity contribution in [1.82, 2.24) is 4.98 Å². The molecule has 1 aromatic heterocycles. The molecular formula is C14H19N3O. The van der Waals surface area contributed by atoms with Crippen molar-refractivity contribution < 1.29 is 4.74 Å². The Bertz CT molecular complexity index is 540. The SMILES string of the molecule is COCCCNc1nccc2c(N)ccc(C)c12. The molecule has 0 radical (unpaired) electrons. The lowest BCUT2D eigenvalue weighted by Gasteiger charge is -2.11. The molecular weight excluding hydrogens is 226 g/mol. The van der Waals surface area contributed by atoms with Gasteiger partial charge in [0.2, 0.25) is 0 Å². The summed E-state index contributed by atoms with van der Waals surface area (Å²) in [4.78, 5) is 4.40. The second-order valence-electron chi connectivity index (χ2n) is 4.33. The third kappa shape index (κ3) is 2.54. The Morgan fingerprint density at radius 2 is 2.17 bits per heavy atom. The number of aryl methyl sites for hydroxylation is 1. The Morgan fingerprint density at radius 3 is 2.94 bits per heavy atom. The molecule has 3 N–H and O–H groups in total. The number of anilines is 2. The largest absolute Gasteiger partial charge is 0.398 e. The number of methoxy groups -OCH3 is 1. The molecule has 0 aliphatic rings. The number of nitrogens with one attached hydrogen (secondary N) is 1. The third-order valence-electron chi connectivity index (χ3n) is 2.99. The molecule has 0 unspecified atom stereocenters. The number of aromatic nitrogens is 1. The minimum atomic E-state index is 0.749. The van der Waals surface area contributed by atoms with Crippen molar-refractivity contribution in [2.24, 2.45) is 0 Å². The van der Waals surface area contributed by atoms with Crippen molar-refractivity contribution in [2.45, 2.75) is 13.3 Å². The molecule has 4 nitrogen and oxygen atoms in total. The van der Waals surface area contributed by atoms with Gasteiger partial charge in [0.15, 0.2) is 0 Å². The van der Waals surface area contributed by atoms with E-state index in [-0.39, 0.29) is 0 Å². The number of pyridine rings is 1. The maximum Gasteiger partial charge on any atom is 0.134 e. The van der Waals surface area contributed by atoms with Gasteiger partial charge in [0, 0.05) is 42.9 Å². The second kappa shape index (κ2) is 5.69. The van der Waals surface area contributed by atoms with E-state index in [0.717, 1.165) is 41.9 Å². The standard InChI is InChI=1S/C14H19N3O/c1-10-4-5-12(15)11-6-8-17-14(13(10)11)16-7-3-9-18-2/h4-6,8H,3,7,9,15H2,1-2H3,(H,16,17). The molecule has 0 atom stereocenters. The van der Waals surface area contributed by atoms with Gasteiger partial charge in [-0.15, -0.1) is 0 Å². The van der Waals surface area contributed by atoms with Gasteiger partial charge >= 0.3 is 0 Å². The fourth-order valence-corrected chi connectivity index (χ4v) is 2.05. The van der Waals surface area contributed by atoms with E-state index in [4.69, 9.17) is 10.5 Å². The van der Waals surface area contributed by atoms with Gasteiger partial charge in [0.1, 0.15) is 5.82 Å². The molecule has 2 aromatic rings. The van der Waals surface area contributed by atoms with E-state index in [1.165, 1.54) is 5.56 Å². The summed E-state index contributed by atoms with van der Waals surface area (Å²) >= 11 is 0. The van der Waals surface area contributed by atoms with E-state index in [1.807, 2.05) is 18.2 Å². The highest BCUT2D eigenvalue weighted by Crippen LogP contribution is 2.28. The predicted molar refractivity (Wildman–Crippen MR) is 75.9 cm³/mol. The number of benzene rings is 1. The number of hydrogen-bond donors (Lipinski definition) is 2. The molecule has 0 saturated heterocycles. The smallest absolute Gasteiger partial charge is 0.134 e. The number of nitrogen functional groups attached to an aromatic ring is 1. The number of nitrogens with zero attached hydrogens (tertiary/aromatic N) is 1. The fraction of sp³-hybridized carbons (Fsp3) is 0.357. The number of fused-ring (bicyclic) bond motifs is 1. The van der Waals surface area contributed by atoms with Crippen LogP contribution in [0.1, 0.15) is 12.0 Å². The van der Waals surface area contributed by atoms with Crippen LogP contribution < -0.4 is 11.1 Å². The normalized spacial score (nSPS) is 10.8. The monoisotopic (exact) mass is 245 g/mol. The fourth-order valence-electron chi connectivity index (χ4n) is 2.05. The molecule has 0 spiro atoms. The molecule has 0 fully saturated rings. The highest BCUT2D eigenvalue weighted by atomic mass is 16.5. The quantitative estimate of drug-likeness (QED) is 0.628. The number of hydrogen-bond acceptors (Lipinski definition) is 4. The summed E-state index contributed by atoms with van der Waals surface area (Å²) < 4.78 is 5.03. The average molecular weight is 245 g/mol. The molecule has 0 saturated carbocycles. The first-order valence-corrected chi connectivity index (χ1v) is 6.10. The van der Waals surface area contributed by atoms with E-state index in [2.05, 4.69) is 17.2 Å².